The summed E-state index contributed by atoms with van der Waals surface area (Å²) in [5, 5.41) is 0.621. The molecule has 0 radical (unpaired) electrons. The van der Waals surface area contributed by atoms with Crippen molar-refractivity contribution >= 4 is 34.8 Å². The molecule has 0 N–H and O–H groups in total. The summed E-state index contributed by atoms with van der Waals surface area (Å²) in [6.45, 7) is 4.32. The van der Waals surface area contributed by atoms with Crippen molar-refractivity contribution in [1.82, 2.24) is 4.57 Å². The molecule has 5 rings (SSSR count). The second-order valence-electron chi connectivity index (χ2n) is 8.59. The molecule has 2 heterocycles. The van der Waals surface area contributed by atoms with Crippen molar-refractivity contribution in [3.8, 4) is 0 Å². The molecule has 1 unspecified atom stereocenters. The van der Waals surface area contributed by atoms with Crippen LogP contribution in [0.2, 0.25) is 5.02 Å². The van der Waals surface area contributed by atoms with E-state index in [2.05, 4.69) is 26.0 Å². The van der Waals surface area contributed by atoms with Gasteiger partial charge in [0.15, 0.2) is 10.6 Å². The number of hydrogen-bond acceptors (Lipinski definition) is 4. The largest absolute Gasteiger partial charge is 0.294 e. The summed E-state index contributed by atoms with van der Waals surface area (Å²) in [6.07, 6.45) is 3.96. The van der Waals surface area contributed by atoms with Gasteiger partial charge in [-0.2, -0.15) is 0 Å². The van der Waals surface area contributed by atoms with Crippen LogP contribution in [0.15, 0.2) is 69.6 Å². The fourth-order valence-electron chi connectivity index (χ4n) is 4.40. The van der Waals surface area contributed by atoms with Gasteiger partial charge < -0.3 is 0 Å². The van der Waals surface area contributed by atoms with E-state index in [1.165, 1.54) is 16.9 Å². The van der Waals surface area contributed by atoms with E-state index in [0.29, 0.717) is 32.3 Å². The predicted octanol–water partition coefficient (Wildman–Crippen LogP) is 4.75. The van der Waals surface area contributed by atoms with E-state index in [1.54, 1.807) is 16.7 Å². The van der Waals surface area contributed by atoms with Gasteiger partial charge in [-0.05, 0) is 53.7 Å². The lowest BCUT2D eigenvalue weighted by molar-refractivity contribution is -0.116. The van der Waals surface area contributed by atoms with Crippen molar-refractivity contribution in [3.05, 3.63) is 101 Å². The lowest BCUT2D eigenvalue weighted by Gasteiger charge is -2.28. The van der Waals surface area contributed by atoms with Gasteiger partial charge in [0.2, 0.25) is 0 Å². The zero-order valence-electron chi connectivity index (χ0n) is 18.0. The molecule has 4 nitrogen and oxygen atoms in total. The van der Waals surface area contributed by atoms with E-state index in [9.17, 15) is 9.59 Å². The summed E-state index contributed by atoms with van der Waals surface area (Å²) < 4.78 is 2.30. The van der Waals surface area contributed by atoms with Gasteiger partial charge in [0.25, 0.3) is 5.56 Å². The average molecular weight is 463 g/mol. The fraction of sp³-hybridized carbons (Fsp3) is 0.269. The van der Waals surface area contributed by atoms with Crippen LogP contribution >= 0.6 is 22.9 Å². The first-order valence-electron chi connectivity index (χ1n) is 10.9. The molecule has 2 aliphatic rings. The number of ketones is 1. The molecule has 1 atom stereocenters. The molecule has 3 aromatic rings. The van der Waals surface area contributed by atoms with Crippen molar-refractivity contribution in [2.75, 3.05) is 0 Å². The molecule has 0 fully saturated rings. The van der Waals surface area contributed by atoms with Crippen molar-refractivity contribution < 1.29 is 4.79 Å². The first-order chi connectivity index (χ1) is 15.4. The zero-order valence-corrected chi connectivity index (χ0v) is 19.5. The van der Waals surface area contributed by atoms with Crippen molar-refractivity contribution in [1.29, 1.82) is 0 Å². The molecule has 32 heavy (non-hydrogen) atoms. The quantitative estimate of drug-likeness (QED) is 0.564. The smallest absolute Gasteiger partial charge is 0.271 e. The number of aromatic nitrogens is 1. The van der Waals surface area contributed by atoms with Crippen molar-refractivity contribution in [2.24, 2.45) is 4.99 Å². The van der Waals surface area contributed by atoms with Gasteiger partial charge in [0.1, 0.15) is 0 Å². The van der Waals surface area contributed by atoms with Crippen LogP contribution in [0.4, 0.5) is 0 Å². The Balaban J connectivity index is 1.69. The van der Waals surface area contributed by atoms with Crippen LogP contribution in [-0.2, 0) is 4.79 Å². The van der Waals surface area contributed by atoms with Gasteiger partial charge in [-0.25, -0.2) is 4.99 Å². The summed E-state index contributed by atoms with van der Waals surface area (Å²) in [5.74, 6) is 0.533. The molecule has 1 aliphatic heterocycles. The standard InChI is InChI=1S/C26H23ClN2O2S/c1-15(2)17-8-6-16(7-9-17)14-22-25(31)29-24(18-10-12-19(27)13-11-18)23-20(28-26(29)32-22)4-3-5-21(23)30/h6-15,24H,3-5H2,1-2H3. The highest BCUT2D eigenvalue weighted by Crippen LogP contribution is 2.36. The highest BCUT2D eigenvalue weighted by atomic mass is 35.5. The molecule has 1 aromatic heterocycles. The molecule has 0 amide bonds. The minimum atomic E-state index is -0.461. The number of Topliss-reactive ketones (excluding diaryl/α,β-unsaturated/α-hetero) is 1. The minimum Gasteiger partial charge on any atom is -0.294 e. The first-order valence-corrected chi connectivity index (χ1v) is 12.1. The Bertz CT molecular complexity index is 1410. The summed E-state index contributed by atoms with van der Waals surface area (Å²) in [7, 11) is 0. The Labute approximate surface area is 195 Å². The summed E-state index contributed by atoms with van der Waals surface area (Å²) in [6, 6.07) is 15.2. The number of rotatable bonds is 3. The number of hydrogen-bond donors (Lipinski definition) is 0. The van der Waals surface area contributed by atoms with Crippen molar-refractivity contribution in [2.45, 2.75) is 45.1 Å². The lowest BCUT2D eigenvalue weighted by atomic mass is 9.86. The van der Waals surface area contributed by atoms with E-state index >= 15 is 0 Å². The average Bonchev–Trinajstić information content (AvgIpc) is 3.08. The van der Waals surface area contributed by atoms with Crippen LogP contribution in [0.1, 0.15) is 61.8 Å². The van der Waals surface area contributed by atoms with Crippen LogP contribution in [0.25, 0.3) is 6.08 Å². The maximum Gasteiger partial charge on any atom is 0.271 e. The maximum absolute atomic E-state index is 13.5. The Hall–Kier alpha value is -2.76. The third kappa shape index (κ3) is 3.70. The molecule has 0 bridgehead atoms. The van der Waals surface area contributed by atoms with Crippen LogP contribution in [0.5, 0.6) is 0 Å². The lowest BCUT2D eigenvalue weighted by Crippen LogP contribution is -2.40. The maximum atomic E-state index is 13.5. The van der Waals surface area contributed by atoms with Gasteiger partial charge in [-0.15, -0.1) is 0 Å². The van der Waals surface area contributed by atoms with E-state index in [0.717, 1.165) is 29.7 Å². The van der Waals surface area contributed by atoms with Gasteiger partial charge in [0.05, 0.1) is 16.3 Å². The Morgan fingerprint density at radius 2 is 1.78 bits per heavy atom. The second kappa shape index (κ2) is 8.30. The van der Waals surface area contributed by atoms with E-state index in [-0.39, 0.29) is 11.3 Å². The van der Waals surface area contributed by atoms with Crippen LogP contribution in [-0.4, -0.2) is 10.4 Å². The Morgan fingerprint density at radius 3 is 2.47 bits per heavy atom. The Morgan fingerprint density at radius 1 is 1.06 bits per heavy atom. The molecule has 0 spiro atoms. The number of carbonyl (C=O) groups is 1. The van der Waals surface area contributed by atoms with E-state index in [4.69, 9.17) is 16.6 Å². The summed E-state index contributed by atoms with van der Waals surface area (Å²) >= 11 is 7.49. The van der Waals surface area contributed by atoms with E-state index < -0.39 is 6.04 Å². The normalized spacial score (nSPS) is 18.6. The Kier molecular flexibility index (Phi) is 5.48. The summed E-state index contributed by atoms with van der Waals surface area (Å²) in [5.41, 5.74) is 4.46. The molecular formula is C26H23ClN2O2S. The minimum absolute atomic E-state index is 0.0773. The topological polar surface area (TPSA) is 51.4 Å². The number of carbonyl (C=O) groups excluding carboxylic acids is 1. The van der Waals surface area contributed by atoms with Gasteiger partial charge >= 0.3 is 0 Å². The fourth-order valence-corrected chi connectivity index (χ4v) is 5.55. The number of benzene rings is 2. The van der Waals surface area contributed by atoms with Crippen molar-refractivity contribution in [3.63, 3.8) is 0 Å². The molecule has 6 heteroatoms. The van der Waals surface area contributed by atoms with Crippen LogP contribution in [0, 0.1) is 0 Å². The molecule has 162 valence electrons. The van der Waals surface area contributed by atoms with E-state index in [1.807, 2.05) is 30.3 Å². The second-order valence-corrected chi connectivity index (χ2v) is 10.0. The number of thiazole rings is 1. The number of fused-ring (bicyclic) bond motifs is 1. The third-order valence-electron chi connectivity index (χ3n) is 6.11. The number of nitrogens with zero attached hydrogens (tertiary/aromatic N) is 2. The van der Waals surface area contributed by atoms with Gasteiger partial charge in [-0.1, -0.05) is 73.2 Å². The van der Waals surface area contributed by atoms with Crippen LogP contribution in [0.3, 0.4) is 0 Å². The van der Waals surface area contributed by atoms with Gasteiger partial charge in [-0.3, -0.25) is 14.2 Å². The zero-order chi connectivity index (χ0) is 22.4. The highest BCUT2D eigenvalue weighted by Gasteiger charge is 2.34. The van der Waals surface area contributed by atoms with Crippen LogP contribution < -0.4 is 14.9 Å². The number of allylic oxidation sites excluding steroid dienone is 2. The first kappa shape index (κ1) is 21.1. The monoisotopic (exact) mass is 462 g/mol. The molecular weight excluding hydrogens is 440 g/mol. The van der Waals surface area contributed by atoms with Gasteiger partial charge in [0, 0.05) is 17.0 Å². The SMILES string of the molecule is CC(C)c1ccc(C=c2sc3n(c2=O)C(c2ccc(Cl)cc2)C2=C(CCCC2=O)N=3)cc1. The summed E-state index contributed by atoms with van der Waals surface area (Å²) in [4.78, 5) is 31.9. The highest BCUT2D eigenvalue weighted by molar-refractivity contribution is 7.07. The molecule has 0 saturated carbocycles. The molecule has 2 aromatic carbocycles. The predicted molar refractivity (Wildman–Crippen MR) is 129 cm³/mol. The molecule has 1 aliphatic carbocycles. The third-order valence-corrected chi connectivity index (χ3v) is 7.35. The molecule has 0 saturated heterocycles. The number of halogens is 1.